The summed E-state index contributed by atoms with van der Waals surface area (Å²) in [6.07, 6.45) is 3.14. The Hall–Kier alpha value is -2.58. The minimum absolute atomic E-state index is 0.116. The van der Waals surface area contributed by atoms with Crippen molar-refractivity contribution < 1.29 is 14.0 Å². The molecule has 138 valence electrons. The van der Waals surface area contributed by atoms with Crippen LogP contribution in [0.2, 0.25) is 5.02 Å². The molecule has 1 atom stereocenters. The molecule has 1 amide bonds. The van der Waals surface area contributed by atoms with Gasteiger partial charge in [0.05, 0.1) is 5.57 Å². The summed E-state index contributed by atoms with van der Waals surface area (Å²) in [5.41, 5.74) is -0.116. The van der Waals surface area contributed by atoms with E-state index in [0.29, 0.717) is 30.1 Å². The Bertz CT molecular complexity index is 1040. The van der Waals surface area contributed by atoms with Gasteiger partial charge >= 0.3 is 0 Å². The Morgan fingerprint density at radius 2 is 2.11 bits per heavy atom. The molecule has 1 fully saturated rings. The van der Waals surface area contributed by atoms with Crippen molar-refractivity contribution in [2.75, 3.05) is 13.1 Å². The molecule has 1 aromatic carbocycles. The zero-order valence-electron chi connectivity index (χ0n) is 15.2. The predicted molar refractivity (Wildman–Crippen MR) is 101 cm³/mol. The van der Waals surface area contributed by atoms with Crippen LogP contribution in [0.5, 0.6) is 0 Å². The number of hydrogen-bond acceptors (Lipinski definition) is 4. The second-order valence-corrected chi connectivity index (χ2v) is 8.63. The van der Waals surface area contributed by atoms with Crippen molar-refractivity contribution in [1.82, 2.24) is 4.90 Å². The average molecular weight is 383 g/mol. The van der Waals surface area contributed by atoms with E-state index in [0.717, 1.165) is 11.8 Å². The first-order valence-corrected chi connectivity index (χ1v) is 9.27. The summed E-state index contributed by atoms with van der Waals surface area (Å²) < 4.78 is 5.70. The Morgan fingerprint density at radius 1 is 1.33 bits per heavy atom. The van der Waals surface area contributed by atoms with E-state index in [2.05, 4.69) is 0 Å². The maximum Gasteiger partial charge on any atom is 0.289 e. The van der Waals surface area contributed by atoms with E-state index >= 15 is 0 Å². The van der Waals surface area contributed by atoms with E-state index in [1.54, 1.807) is 35.2 Å². The van der Waals surface area contributed by atoms with E-state index in [-0.39, 0.29) is 28.4 Å². The Kier molecular flexibility index (Phi) is 3.94. The highest BCUT2D eigenvalue weighted by molar-refractivity contribution is 6.31. The molecule has 2 heterocycles. The number of halogens is 1. The van der Waals surface area contributed by atoms with Crippen molar-refractivity contribution in [1.29, 1.82) is 5.26 Å². The SMILES string of the molecule is CC1(C)C[C@]2(C=C(C#N)C1=O)CCN(C(=O)c1cc3cc(Cl)ccc3o1)C2. The summed E-state index contributed by atoms with van der Waals surface area (Å²) in [4.78, 5) is 27.1. The van der Waals surface area contributed by atoms with Gasteiger partial charge in [-0.05, 0) is 37.1 Å². The number of fused-ring (bicyclic) bond motifs is 1. The smallest absolute Gasteiger partial charge is 0.289 e. The molecule has 5 nitrogen and oxygen atoms in total. The van der Waals surface area contributed by atoms with E-state index in [1.165, 1.54) is 0 Å². The van der Waals surface area contributed by atoms with E-state index in [9.17, 15) is 14.9 Å². The molecule has 2 aliphatic rings. The van der Waals surface area contributed by atoms with Gasteiger partial charge in [-0.1, -0.05) is 31.5 Å². The first kappa shape index (κ1) is 17.8. The molecule has 0 bridgehead atoms. The minimum atomic E-state index is -0.602. The number of carbonyl (C=O) groups is 2. The van der Waals surface area contributed by atoms with Crippen LogP contribution in [0.4, 0.5) is 0 Å². The van der Waals surface area contributed by atoms with Gasteiger partial charge in [0.25, 0.3) is 5.91 Å². The summed E-state index contributed by atoms with van der Waals surface area (Å²) in [7, 11) is 0. The first-order chi connectivity index (χ1) is 12.7. The Labute approximate surface area is 162 Å². The lowest BCUT2D eigenvalue weighted by atomic mass is 9.64. The largest absolute Gasteiger partial charge is 0.451 e. The highest BCUT2D eigenvalue weighted by Crippen LogP contribution is 2.48. The molecule has 1 aliphatic carbocycles. The molecular formula is C21H19ClN2O3. The van der Waals surface area contributed by atoms with Gasteiger partial charge in [-0.3, -0.25) is 9.59 Å². The lowest BCUT2D eigenvalue weighted by molar-refractivity contribution is -0.125. The minimum Gasteiger partial charge on any atom is -0.451 e. The topological polar surface area (TPSA) is 74.3 Å². The van der Waals surface area contributed by atoms with Crippen LogP contribution in [-0.4, -0.2) is 29.7 Å². The molecule has 0 unspecified atom stereocenters. The third kappa shape index (κ3) is 2.94. The highest BCUT2D eigenvalue weighted by atomic mass is 35.5. The number of furan rings is 1. The van der Waals surface area contributed by atoms with Gasteiger partial charge in [0.2, 0.25) is 0 Å². The zero-order valence-corrected chi connectivity index (χ0v) is 16.0. The van der Waals surface area contributed by atoms with E-state index in [1.807, 2.05) is 19.9 Å². The fourth-order valence-electron chi connectivity index (χ4n) is 4.44. The van der Waals surface area contributed by atoms with Crippen LogP contribution in [0, 0.1) is 22.2 Å². The van der Waals surface area contributed by atoms with Crippen LogP contribution in [0.1, 0.15) is 37.2 Å². The molecule has 6 heteroatoms. The van der Waals surface area contributed by atoms with Gasteiger partial charge in [-0.2, -0.15) is 5.26 Å². The Balaban J connectivity index is 1.62. The molecule has 0 radical (unpaired) electrons. The second kappa shape index (κ2) is 5.97. The number of nitriles is 1. The maximum absolute atomic E-state index is 13.0. The quantitative estimate of drug-likeness (QED) is 0.734. The van der Waals surface area contributed by atoms with Gasteiger partial charge in [0, 0.05) is 34.3 Å². The summed E-state index contributed by atoms with van der Waals surface area (Å²) >= 11 is 6.00. The summed E-state index contributed by atoms with van der Waals surface area (Å²) in [5, 5.41) is 10.7. The van der Waals surface area contributed by atoms with Crippen molar-refractivity contribution in [2.24, 2.45) is 10.8 Å². The standard InChI is InChI=1S/C21H19ClN2O3/c1-20(2)11-21(9-14(10-23)18(20)25)5-6-24(12-21)19(26)17-8-13-7-15(22)3-4-16(13)27-17/h3-4,7-9H,5-6,11-12H2,1-2H3/t21-/m1/s1. The fraction of sp³-hybridized carbons (Fsp3) is 0.381. The van der Waals surface area contributed by atoms with Crippen molar-refractivity contribution in [3.8, 4) is 6.07 Å². The van der Waals surface area contributed by atoms with Crippen LogP contribution in [-0.2, 0) is 4.79 Å². The summed E-state index contributed by atoms with van der Waals surface area (Å²) in [5.74, 6) is -0.0182. The van der Waals surface area contributed by atoms with Crippen molar-refractivity contribution >= 4 is 34.3 Å². The van der Waals surface area contributed by atoms with Crippen molar-refractivity contribution in [2.45, 2.75) is 26.7 Å². The molecular weight excluding hydrogens is 364 g/mol. The number of benzene rings is 1. The van der Waals surface area contributed by atoms with Gasteiger partial charge in [0.1, 0.15) is 11.7 Å². The third-order valence-corrected chi connectivity index (χ3v) is 5.82. The van der Waals surface area contributed by atoms with Gasteiger partial charge in [0.15, 0.2) is 11.5 Å². The van der Waals surface area contributed by atoms with E-state index in [4.69, 9.17) is 16.0 Å². The van der Waals surface area contributed by atoms with Crippen LogP contribution in [0.15, 0.2) is 40.3 Å². The predicted octanol–water partition coefficient (Wildman–Crippen LogP) is 4.37. The van der Waals surface area contributed by atoms with Gasteiger partial charge in [-0.15, -0.1) is 0 Å². The number of carbonyl (C=O) groups excluding carboxylic acids is 2. The highest BCUT2D eigenvalue weighted by Gasteiger charge is 2.49. The molecule has 0 N–H and O–H groups in total. The van der Waals surface area contributed by atoms with Gasteiger partial charge < -0.3 is 9.32 Å². The maximum atomic E-state index is 13.0. The average Bonchev–Trinajstić information content (AvgIpc) is 3.21. The second-order valence-electron chi connectivity index (χ2n) is 8.19. The monoisotopic (exact) mass is 382 g/mol. The van der Waals surface area contributed by atoms with E-state index < -0.39 is 5.41 Å². The molecule has 2 aromatic rings. The van der Waals surface area contributed by atoms with Gasteiger partial charge in [-0.25, -0.2) is 0 Å². The normalized spacial score (nSPS) is 24.3. The molecule has 1 aromatic heterocycles. The lowest BCUT2D eigenvalue weighted by Gasteiger charge is -2.38. The van der Waals surface area contributed by atoms with Crippen LogP contribution in [0.25, 0.3) is 11.0 Å². The molecule has 0 saturated carbocycles. The third-order valence-electron chi connectivity index (χ3n) is 5.59. The fourth-order valence-corrected chi connectivity index (χ4v) is 4.62. The Morgan fingerprint density at radius 3 is 2.85 bits per heavy atom. The number of nitrogens with zero attached hydrogens (tertiary/aromatic N) is 2. The number of rotatable bonds is 1. The van der Waals surface area contributed by atoms with Crippen LogP contribution in [0.3, 0.4) is 0 Å². The lowest BCUT2D eigenvalue weighted by Crippen LogP contribution is -2.40. The number of allylic oxidation sites excluding steroid dienone is 1. The van der Waals surface area contributed by atoms with Crippen molar-refractivity contribution in [3.05, 3.63) is 46.7 Å². The number of hydrogen-bond donors (Lipinski definition) is 0. The van der Waals surface area contributed by atoms with Crippen LogP contribution >= 0.6 is 11.6 Å². The molecule has 1 saturated heterocycles. The molecule has 1 aliphatic heterocycles. The molecule has 4 rings (SSSR count). The summed E-state index contributed by atoms with van der Waals surface area (Å²) in [6, 6.07) is 8.98. The zero-order chi connectivity index (χ0) is 19.4. The molecule has 1 spiro atoms. The van der Waals surface area contributed by atoms with Crippen molar-refractivity contribution in [3.63, 3.8) is 0 Å². The molecule has 27 heavy (non-hydrogen) atoms. The van der Waals surface area contributed by atoms with Crippen LogP contribution < -0.4 is 0 Å². The number of amides is 1. The number of ketones is 1. The summed E-state index contributed by atoms with van der Waals surface area (Å²) in [6.45, 7) is 4.78. The first-order valence-electron chi connectivity index (χ1n) is 8.89. The number of Topliss-reactive ketones (excluding diaryl/α,β-unsaturated/α-hetero) is 1. The number of likely N-dealkylation sites (tertiary alicyclic amines) is 1.